The van der Waals surface area contributed by atoms with Crippen molar-refractivity contribution < 1.29 is 4.74 Å². The minimum atomic E-state index is 0.914. The van der Waals surface area contributed by atoms with Crippen molar-refractivity contribution in [2.24, 2.45) is 0 Å². The molecule has 0 radical (unpaired) electrons. The maximum absolute atomic E-state index is 5.35. The summed E-state index contributed by atoms with van der Waals surface area (Å²) in [5.41, 5.74) is 2.20. The van der Waals surface area contributed by atoms with Crippen molar-refractivity contribution in [3.63, 3.8) is 0 Å². The van der Waals surface area contributed by atoms with Crippen LogP contribution in [0.15, 0.2) is 47.4 Å². The average molecular weight is 287 g/mol. The number of thioether (sulfide) groups is 1. The Hall–Kier alpha value is -1.52. The first-order valence-corrected chi connectivity index (χ1v) is 7.94. The van der Waals surface area contributed by atoms with Crippen LogP contribution in [0.5, 0.6) is 5.75 Å². The molecule has 0 aliphatic rings. The van der Waals surface area contributed by atoms with Crippen LogP contribution in [-0.2, 0) is 0 Å². The van der Waals surface area contributed by atoms with Crippen LogP contribution in [-0.4, -0.2) is 18.3 Å². The zero-order valence-electron chi connectivity index (χ0n) is 10.7. The highest BCUT2D eigenvalue weighted by Gasteiger charge is 2.09. The van der Waals surface area contributed by atoms with E-state index in [0.717, 1.165) is 26.7 Å². The van der Waals surface area contributed by atoms with Gasteiger partial charge in [-0.25, -0.2) is 4.98 Å². The van der Waals surface area contributed by atoms with E-state index < -0.39 is 0 Å². The maximum Gasteiger partial charge on any atom is 0.132 e. The summed E-state index contributed by atoms with van der Waals surface area (Å²) in [6.45, 7) is 0. The summed E-state index contributed by atoms with van der Waals surface area (Å²) in [5, 5.41) is 1.05. The monoisotopic (exact) mass is 287 g/mol. The van der Waals surface area contributed by atoms with Crippen molar-refractivity contribution in [1.82, 2.24) is 4.98 Å². The topological polar surface area (TPSA) is 22.1 Å². The summed E-state index contributed by atoms with van der Waals surface area (Å²) < 4.78 is 6.57. The maximum atomic E-state index is 5.35. The van der Waals surface area contributed by atoms with Crippen LogP contribution < -0.4 is 4.74 Å². The Bertz CT molecular complexity index is 688. The van der Waals surface area contributed by atoms with Gasteiger partial charge in [-0.1, -0.05) is 12.1 Å². The Labute approximate surface area is 120 Å². The van der Waals surface area contributed by atoms with Crippen LogP contribution in [0.1, 0.15) is 0 Å². The third-order valence-electron chi connectivity index (χ3n) is 2.92. The molecule has 0 aliphatic heterocycles. The van der Waals surface area contributed by atoms with Crippen molar-refractivity contribution in [3.8, 4) is 16.3 Å². The number of para-hydroxylation sites is 1. The highest BCUT2D eigenvalue weighted by molar-refractivity contribution is 7.98. The number of thiazole rings is 1. The van der Waals surface area contributed by atoms with Gasteiger partial charge in [0.2, 0.25) is 0 Å². The lowest BCUT2D eigenvalue weighted by Crippen LogP contribution is -1.86. The van der Waals surface area contributed by atoms with Crippen LogP contribution in [0.25, 0.3) is 20.8 Å². The van der Waals surface area contributed by atoms with E-state index in [4.69, 9.17) is 4.74 Å². The van der Waals surface area contributed by atoms with Crippen LogP contribution in [0, 0.1) is 0 Å². The quantitative estimate of drug-likeness (QED) is 0.652. The molecule has 1 heterocycles. The molecule has 0 N–H and O–H groups in total. The molecule has 2 nitrogen and oxygen atoms in total. The first kappa shape index (κ1) is 12.5. The smallest absolute Gasteiger partial charge is 0.132 e. The molecule has 0 saturated heterocycles. The molecule has 19 heavy (non-hydrogen) atoms. The first-order chi connectivity index (χ1) is 9.31. The molecule has 2 aromatic carbocycles. The molecule has 0 atom stereocenters. The Morgan fingerprint density at radius 2 is 2.00 bits per heavy atom. The van der Waals surface area contributed by atoms with Crippen molar-refractivity contribution in [2.45, 2.75) is 4.90 Å². The summed E-state index contributed by atoms with van der Waals surface area (Å²) in [5.74, 6) is 0.914. The van der Waals surface area contributed by atoms with Crippen molar-refractivity contribution in [3.05, 3.63) is 42.5 Å². The average Bonchev–Trinajstić information content (AvgIpc) is 2.90. The van der Waals surface area contributed by atoms with Gasteiger partial charge in [-0.3, -0.25) is 0 Å². The van der Waals surface area contributed by atoms with Crippen LogP contribution in [0.4, 0.5) is 0 Å². The van der Waals surface area contributed by atoms with E-state index in [2.05, 4.69) is 29.4 Å². The lowest BCUT2D eigenvalue weighted by Gasteiger charge is -2.07. The SMILES string of the molecule is COc1ccc(-c2nc3ccccc3s2)cc1SC. The fourth-order valence-corrected chi connectivity index (χ4v) is 3.52. The first-order valence-electron chi connectivity index (χ1n) is 5.90. The molecule has 3 rings (SSSR count). The van der Waals surface area contributed by atoms with Gasteiger partial charge in [0.15, 0.2) is 0 Å². The molecular formula is C15H13NOS2. The number of ether oxygens (including phenoxy) is 1. The number of nitrogens with zero attached hydrogens (tertiary/aromatic N) is 1. The minimum Gasteiger partial charge on any atom is -0.496 e. The molecule has 0 fully saturated rings. The molecule has 0 bridgehead atoms. The Kier molecular flexibility index (Phi) is 3.44. The number of fused-ring (bicyclic) bond motifs is 1. The second kappa shape index (κ2) is 5.23. The van der Waals surface area contributed by atoms with E-state index in [-0.39, 0.29) is 0 Å². The molecule has 0 saturated carbocycles. The van der Waals surface area contributed by atoms with Gasteiger partial charge in [0.05, 0.1) is 17.3 Å². The number of methoxy groups -OCH3 is 1. The fourth-order valence-electron chi connectivity index (χ4n) is 1.96. The lowest BCUT2D eigenvalue weighted by atomic mass is 10.2. The Morgan fingerprint density at radius 3 is 2.74 bits per heavy atom. The van der Waals surface area contributed by atoms with Gasteiger partial charge in [-0.2, -0.15) is 0 Å². The second-order valence-electron chi connectivity index (χ2n) is 4.06. The highest BCUT2D eigenvalue weighted by Crippen LogP contribution is 2.35. The van der Waals surface area contributed by atoms with Crippen LogP contribution >= 0.6 is 23.1 Å². The van der Waals surface area contributed by atoms with Gasteiger partial charge < -0.3 is 4.74 Å². The summed E-state index contributed by atoms with van der Waals surface area (Å²) >= 11 is 3.41. The molecule has 96 valence electrons. The zero-order valence-corrected chi connectivity index (χ0v) is 12.3. The number of aromatic nitrogens is 1. The van der Waals surface area contributed by atoms with Crippen LogP contribution in [0.2, 0.25) is 0 Å². The molecule has 0 unspecified atom stereocenters. The molecule has 1 aromatic heterocycles. The van der Waals surface area contributed by atoms with Crippen molar-refractivity contribution in [2.75, 3.05) is 13.4 Å². The Morgan fingerprint density at radius 1 is 1.16 bits per heavy atom. The predicted molar refractivity (Wildman–Crippen MR) is 83.4 cm³/mol. The molecule has 0 spiro atoms. The van der Waals surface area contributed by atoms with Gasteiger partial charge in [0.1, 0.15) is 10.8 Å². The molecule has 0 aliphatic carbocycles. The summed E-state index contributed by atoms with van der Waals surface area (Å²) in [4.78, 5) is 5.82. The molecule has 4 heteroatoms. The van der Waals surface area contributed by atoms with E-state index in [1.165, 1.54) is 4.70 Å². The van der Waals surface area contributed by atoms with Gasteiger partial charge >= 0.3 is 0 Å². The van der Waals surface area contributed by atoms with Gasteiger partial charge in [-0.05, 0) is 36.6 Å². The number of benzene rings is 2. The van der Waals surface area contributed by atoms with Crippen molar-refractivity contribution in [1.29, 1.82) is 0 Å². The molecular weight excluding hydrogens is 274 g/mol. The van der Waals surface area contributed by atoms with E-state index >= 15 is 0 Å². The minimum absolute atomic E-state index is 0.914. The van der Waals surface area contributed by atoms with Gasteiger partial charge in [0, 0.05) is 10.5 Å². The van der Waals surface area contributed by atoms with E-state index in [9.17, 15) is 0 Å². The fraction of sp³-hybridized carbons (Fsp3) is 0.133. The van der Waals surface area contributed by atoms with E-state index in [1.54, 1.807) is 30.2 Å². The number of hydrogen-bond acceptors (Lipinski definition) is 4. The van der Waals surface area contributed by atoms with Crippen LogP contribution in [0.3, 0.4) is 0 Å². The lowest BCUT2D eigenvalue weighted by molar-refractivity contribution is 0.405. The normalized spacial score (nSPS) is 10.8. The summed E-state index contributed by atoms with van der Waals surface area (Å²) in [6, 6.07) is 14.4. The highest BCUT2D eigenvalue weighted by atomic mass is 32.2. The third kappa shape index (κ3) is 2.33. The van der Waals surface area contributed by atoms with Gasteiger partial charge in [0.25, 0.3) is 0 Å². The summed E-state index contributed by atoms with van der Waals surface area (Å²) in [6.07, 6.45) is 2.06. The van der Waals surface area contributed by atoms with Crippen molar-refractivity contribution >= 4 is 33.3 Å². The van der Waals surface area contributed by atoms with E-state index in [0.29, 0.717) is 0 Å². The number of hydrogen-bond donors (Lipinski definition) is 0. The second-order valence-corrected chi connectivity index (χ2v) is 5.94. The summed E-state index contributed by atoms with van der Waals surface area (Å²) in [7, 11) is 1.70. The zero-order chi connectivity index (χ0) is 13.2. The third-order valence-corrected chi connectivity index (χ3v) is 4.77. The standard InChI is InChI=1S/C15H13NOS2/c1-17-12-8-7-10(9-14(12)18-2)15-16-11-5-3-4-6-13(11)19-15/h3-9H,1-2H3. The van der Waals surface area contributed by atoms with Gasteiger partial charge in [-0.15, -0.1) is 23.1 Å². The van der Waals surface area contributed by atoms with E-state index in [1.807, 2.05) is 24.3 Å². The molecule has 0 amide bonds. The molecule has 3 aromatic rings. The largest absolute Gasteiger partial charge is 0.496 e. The predicted octanol–water partition coefficient (Wildman–Crippen LogP) is 4.69. The Balaban J connectivity index is 2.10. The number of rotatable bonds is 3.